The normalized spacial score (nSPS) is 11.4. The molecule has 0 unspecified atom stereocenters. The zero-order valence-corrected chi connectivity index (χ0v) is 22.9. The number of halogens is 6. The second kappa shape index (κ2) is 13.5. The molecule has 7 rings (SSSR count). The molecule has 1 N–H and O–H groups in total. The Bertz CT molecular complexity index is 2230. The van der Waals surface area contributed by atoms with E-state index in [2.05, 4.69) is 19.9 Å². The first-order valence-corrected chi connectivity index (χ1v) is 13.4. The molecule has 6 nitrogen and oxygen atoms in total. The molecule has 2 heterocycles. The van der Waals surface area contributed by atoms with Crippen molar-refractivity contribution in [3.63, 3.8) is 0 Å². The fourth-order valence-electron chi connectivity index (χ4n) is 5.13. The number of ether oxygens (including phenoxy) is 1. The number of nitrogens with one attached hydrogen (secondary N) is 1. The highest BCUT2D eigenvalue weighted by Crippen LogP contribution is 2.41. The lowest BCUT2D eigenvalue weighted by atomic mass is 10.0. The highest BCUT2D eigenvalue weighted by molar-refractivity contribution is 6.03. The van der Waals surface area contributed by atoms with Crippen molar-refractivity contribution in [2.45, 2.75) is 33.8 Å². The van der Waals surface area contributed by atoms with E-state index in [4.69, 9.17) is 4.74 Å². The van der Waals surface area contributed by atoms with Gasteiger partial charge in [-0.15, -0.1) is 0 Å². The van der Waals surface area contributed by atoms with Crippen LogP contribution in [0.1, 0.15) is 31.5 Å². The third-order valence-corrected chi connectivity index (χ3v) is 7.06. The van der Waals surface area contributed by atoms with Crippen molar-refractivity contribution in [1.82, 2.24) is 19.9 Å². The van der Waals surface area contributed by atoms with E-state index in [0.29, 0.717) is 10.8 Å². The maximum Gasteiger partial charge on any atom is 0.419 e. The summed E-state index contributed by atoms with van der Waals surface area (Å²) >= 11 is 0. The number of rotatable bonds is 3. The molecular formula is C35H28F6N4O2. The maximum absolute atomic E-state index is 13.7. The van der Waals surface area contributed by atoms with E-state index < -0.39 is 29.0 Å². The van der Waals surface area contributed by atoms with E-state index in [1.807, 2.05) is 30.3 Å². The van der Waals surface area contributed by atoms with Crippen LogP contribution in [-0.2, 0) is 19.0 Å². The van der Waals surface area contributed by atoms with Crippen molar-refractivity contribution in [2.75, 3.05) is 0 Å². The molecule has 0 aliphatic heterocycles. The molecule has 0 spiro atoms. The Morgan fingerprint density at radius 2 is 1.13 bits per heavy atom. The smallest absolute Gasteiger partial charge is 0.419 e. The van der Waals surface area contributed by atoms with Gasteiger partial charge in [-0.3, -0.25) is 4.79 Å². The molecule has 242 valence electrons. The largest absolute Gasteiger partial charge is 0.472 e. The molecule has 0 amide bonds. The van der Waals surface area contributed by atoms with E-state index in [-0.39, 0.29) is 59.9 Å². The molecule has 0 aliphatic carbocycles. The summed E-state index contributed by atoms with van der Waals surface area (Å²) in [6.07, 6.45) is -7.02. The number of fused-ring (bicyclic) bond motifs is 4. The van der Waals surface area contributed by atoms with Crippen molar-refractivity contribution in [3.8, 4) is 5.88 Å². The van der Waals surface area contributed by atoms with E-state index in [9.17, 15) is 31.1 Å². The lowest BCUT2D eigenvalue weighted by Gasteiger charge is -2.15. The summed E-state index contributed by atoms with van der Waals surface area (Å²) in [7, 11) is 0. The first-order chi connectivity index (χ1) is 21.5. The summed E-state index contributed by atoms with van der Waals surface area (Å²) in [5, 5.41) is 1.16. The maximum atomic E-state index is 13.7. The number of nitrogens with zero attached hydrogens (tertiary/aromatic N) is 3. The minimum absolute atomic E-state index is 0. The molecule has 0 fully saturated rings. The summed E-state index contributed by atoms with van der Waals surface area (Å²) in [5.41, 5.74) is -1.80. The predicted molar refractivity (Wildman–Crippen MR) is 171 cm³/mol. The van der Waals surface area contributed by atoms with Crippen LogP contribution in [0.15, 0.2) is 108 Å². The van der Waals surface area contributed by atoms with Gasteiger partial charge in [0.2, 0.25) is 5.88 Å². The highest BCUT2D eigenvalue weighted by Gasteiger charge is 2.37. The van der Waals surface area contributed by atoms with Gasteiger partial charge in [-0.2, -0.15) is 26.3 Å². The van der Waals surface area contributed by atoms with E-state index in [1.165, 1.54) is 30.3 Å². The molecule has 0 aliphatic rings. The number of hydrogen-bond donors (Lipinski definition) is 1. The molecule has 0 bridgehead atoms. The first kappa shape index (κ1) is 34.4. The lowest BCUT2D eigenvalue weighted by Crippen LogP contribution is -2.13. The monoisotopic (exact) mass is 650 g/mol. The van der Waals surface area contributed by atoms with Crippen molar-refractivity contribution >= 4 is 43.4 Å². The number of aromatic nitrogens is 4. The Labute approximate surface area is 264 Å². The third kappa shape index (κ3) is 6.86. The Kier molecular flexibility index (Phi) is 9.83. The van der Waals surface area contributed by atoms with Gasteiger partial charge in [0.05, 0.1) is 39.3 Å². The quantitative estimate of drug-likeness (QED) is 0.152. The standard InChI is InChI=1S/C20H13F3N2O.C13H7F3N2O.2CH4/c21-20(22,23)17-15-9-5-4-8-14(15)10-16-18(17)24-12-25-19(16)26-11-13-6-2-1-3-7-13;14-13(15,16)10-8-4-2-1-3-7(8)5-9-11(10)17-6-18-12(9)19;;/h1-10,12H,11H2;1-6H,(H,17,18,19);2*1H4. The minimum atomic E-state index is -4.57. The van der Waals surface area contributed by atoms with Gasteiger partial charge in [0.1, 0.15) is 12.9 Å². The molecule has 47 heavy (non-hydrogen) atoms. The van der Waals surface area contributed by atoms with Crippen LogP contribution in [-0.4, -0.2) is 19.9 Å². The van der Waals surface area contributed by atoms with Crippen LogP contribution < -0.4 is 10.3 Å². The van der Waals surface area contributed by atoms with Crippen LogP contribution in [0, 0.1) is 0 Å². The van der Waals surface area contributed by atoms with Crippen LogP contribution in [0.25, 0.3) is 43.4 Å². The topological polar surface area (TPSA) is 80.8 Å². The van der Waals surface area contributed by atoms with Crippen molar-refractivity contribution in [2.24, 2.45) is 0 Å². The Balaban J connectivity index is 0.000000213. The molecular weight excluding hydrogens is 622 g/mol. The molecule has 5 aromatic carbocycles. The molecule has 0 saturated heterocycles. The second-order valence-corrected chi connectivity index (χ2v) is 9.92. The molecule has 12 heteroatoms. The fourth-order valence-corrected chi connectivity index (χ4v) is 5.13. The highest BCUT2D eigenvalue weighted by atomic mass is 19.4. The van der Waals surface area contributed by atoms with Crippen molar-refractivity contribution in [3.05, 3.63) is 131 Å². The number of H-pyrrole nitrogens is 1. The Morgan fingerprint density at radius 1 is 0.617 bits per heavy atom. The van der Waals surface area contributed by atoms with E-state index >= 15 is 0 Å². The van der Waals surface area contributed by atoms with Crippen LogP contribution in [0.4, 0.5) is 26.3 Å². The van der Waals surface area contributed by atoms with Crippen LogP contribution in [0.3, 0.4) is 0 Å². The Hall–Kier alpha value is -5.52. The minimum Gasteiger partial charge on any atom is -0.472 e. The van der Waals surface area contributed by atoms with Gasteiger partial charge in [0.15, 0.2) is 0 Å². The predicted octanol–water partition coefficient (Wildman–Crippen LogP) is 9.75. The van der Waals surface area contributed by atoms with E-state index in [0.717, 1.165) is 18.2 Å². The SMILES string of the molecule is C.C.FC(F)(F)c1c2ccccc2cc2c(OCc3ccccc3)ncnc12.O=c1[nH]cnc2c(C(F)(F)F)c3ccccc3cc12. The van der Waals surface area contributed by atoms with Crippen LogP contribution in [0.5, 0.6) is 5.88 Å². The number of aromatic amines is 1. The summed E-state index contributed by atoms with van der Waals surface area (Å²) < 4.78 is 86.6. The van der Waals surface area contributed by atoms with Crippen LogP contribution >= 0.6 is 0 Å². The zero-order chi connectivity index (χ0) is 31.8. The number of hydrogen-bond acceptors (Lipinski definition) is 5. The molecule has 7 aromatic rings. The van der Waals surface area contributed by atoms with Gasteiger partial charge in [-0.25, -0.2) is 15.0 Å². The van der Waals surface area contributed by atoms with Gasteiger partial charge >= 0.3 is 12.4 Å². The number of benzene rings is 5. The average molecular weight is 651 g/mol. The summed E-state index contributed by atoms with van der Waals surface area (Å²) in [4.78, 5) is 25.6. The Morgan fingerprint density at radius 3 is 1.70 bits per heavy atom. The second-order valence-electron chi connectivity index (χ2n) is 9.92. The fraction of sp³-hybridized carbons (Fsp3) is 0.143. The van der Waals surface area contributed by atoms with Gasteiger partial charge in [0, 0.05) is 0 Å². The van der Waals surface area contributed by atoms with Crippen molar-refractivity contribution < 1.29 is 31.1 Å². The van der Waals surface area contributed by atoms with E-state index in [1.54, 1.807) is 30.3 Å². The average Bonchev–Trinajstić information content (AvgIpc) is 3.01. The van der Waals surface area contributed by atoms with Gasteiger partial charge in [-0.05, 0) is 39.2 Å². The summed E-state index contributed by atoms with van der Waals surface area (Å²) in [5.74, 6) is 0.134. The molecule has 0 atom stereocenters. The molecule has 2 aromatic heterocycles. The summed E-state index contributed by atoms with van der Waals surface area (Å²) in [6.45, 7) is 0.209. The van der Waals surface area contributed by atoms with Crippen LogP contribution in [0.2, 0.25) is 0 Å². The molecule has 0 radical (unpaired) electrons. The van der Waals surface area contributed by atoms with Gasteiger partial charge in [0.25, 0.3) is 5.56 Å². The van der Waals surface area contributed by atoms with Gasteiger partial charge in [-0.1, -0.05) is 93.7 Å². The molecule has 0 saturated carbocycles. The number of alkyl halides is 6. The van der Waals surface area contributed by atoms with Gasteiger partial charge < -0.3 is 9.72 Å². The summed E-state index contributed by atoms with van der Waals surface area (Å²) in [6, 6.07) is 24.9. The first-order valence-electron chi connectivity index (χ1n) is 13.4. The van der Waals surface area contributed by atoms with Crippen molar-refractivity contribution in [1.29, 1.82) is 0 Å². The zero-order valence-electron chi connectivity index (χ0n) is 22.9. The lowest BCUT2D eigenvalue weighted by molar-refractivity contribution is -0.136. The third-order valence-electron chi connectivity index (χ3n) is 7.06.